The van der Waals surface area contributed by atoms with Crippen molar-refractivity contribution < 1.29 is 14.6 Å². The molecule has 2 aromatic rings. The number of nitrogens with zero attached hydrogens (tertiary/aromatic N) is 3. The van der Waals surface area contributed by atoms with Gasteiger partial charge in [-0.2, -0.15) is 0 Å². The molecule has 0 unspecified atom stereocenters. The summed E-state index contributed by atoms with van der Waals surface area (Å²) < 4.78 is 7.85. The zero-order valence-corrected chi connectivity index (χ0v) is 12.4. The molecule has 2 heterocycles. The summed E-state index contributed by atoms with van der Waals surface area (Å²) in [5.41, 5.74) is 0.0795. The Morgan fingerprint density at radius 2 is 2.27 bits per heavy atom. The largest absolute Gasteiger partial charge is 0.479 e. The Balaban J connectivity index is 1.93. The summed E-state index contributed by atoms with van der Waals surface area (Å²) in [5.74, 6) is -0.182. The fourth-order valence-corrected chi connectivity index (χ4v) is 1.98. The van der Waals surface area contributed by atoms with Crippen molar-refractivity contribution >= 4 is 5.91 Å². The molecule has 8 nitrogen and oxygen atoms in total. The number of ether oxygens (including phenoxy) is 1. The fraction of sp³-hybridized carbons (Fsp3) is 0.357. The van der Waals surface area contributed by atoms with Crippen LogP contribution in [-0.2, 0) is 13.6 Å². The number of aliphatic hydroxyl groups is 1. The molecule has 0 aliphatic carbocycles. The first kappa shape index (κ1) is 15.8. The minimum atomic E-state index is -0.883. The first-order valence-corrected chi connectivity index (χ1v) is 6.70. The number of pyridine rings is 1. The van der Waals surface area contributed by atoms with Gasteiger partial charge in [-0.3, -0.25) is 14.3 Å². The topological polar surface area (TPSA) is 98.4 Å². The summed E-state index contributed by atoms with van der Waals surface area (Å²) in [6.07, 6.45) is 2.23. The highest BCUT2D eigenvalue weighted by Gasteiger charge is 2.17. The van der Waals surface area contributed by atoms with Gasteiger partial charge in [-0.1, -0.05) is 6.07 Å². The lowest BCUT2D eigenvalue weighted by atomic mass is 10.3. The third-order valence-electron chi connectivity index (χ3n) is 3.04. The lowest BCUT2D eigenvalue weighted by molar-refractivity contribution is 0.0900. The van der Waals surface area contributed by atoms with E-state index in [1.807, 2.05) is 0 Å². The van der Waals surface area contributed by atoms with Crippen LogP contribution in [0.2, 0.25) is 0 Å². The molecule has 118 valence electrons. The van der Waals surface area contributed by atoms with Gasteiger partial charge in [0.15, 0.2) is 0 Å². The number of hydrogen-bond acceptors (Lipinski definition) is 5. The van der Waals surface area contributed by atoms with Gasteiger partial charge < -0.3 is 19.7 Å². The Hall–Kier alpha value is -2.61. The van der Waals surface area contributed by atoms with Gasteiger partial charge in [-0.25, -0.2) is 0 Å². The van der Waals surface area contributed by atoms with Gasteiger partial charge >= 0.3 is 0 Å². The Morgan fingerprint density at radius 3 is 2.95 bits per heavy atom. The molecular formula is C14H18N4O4. The smallest absolute Gasteiger partial charge is 0.258 e. The Bertz CT molecular complexity index is 707. The van der Waals surface area contributed by atoms with Crippen LogP contribution in [0.15, 0.2) is 35.4 Å². The molecular weight excluding hydrogens is 288 g/mol. The molecule has 0 aromatic carbocycles. The highest BCUT2D eigenvalue weighted by Crippen LogP contribution is 2.14. The third kappa shape index (κ3) is 3.73. The molecule has 0 fully saturated rings. The van der Waals surface area contributed by atoms with Gasteiger partial charge in [0.25, 0.3) is 11.5 Å². The van der Waals surface area contributed by atoms with Gasteiger partial charge in [0.2, 0.25) is 5.88 Å². The zero-order valence-electron chi connectivity index (χ0n) is 12.4. The van der Waals surface area contributed by atoms with E-state index in [9.17, 15) is 14.7 Å². The Labute approximate surface area is 126 Å². The van der Waals surface area contributed by atoms with Crippen LogP contribution in [0, 0.1) is 0 Å². The quantitative estimate of drug-likeness (QED) is 0.741. The molecule has 2 rings (SSSR count). The van der Waals surface area contributed by atoms with E-state index in [0.717, 1.165) is 0 Å². The van der Waals surface area contributed by atoms with Crippen LogP contribution in [0.25, 0.3) is 0 Å². The average molecular weight is 306 g/mol. The number of carbonyl (C=O) groups is 1. The molecule has 2 N–H and O–H groups in total. The number of methoxy groups -OCH3 is 1. The van der Waals surface area contributed by atoms with Crippen LogP contribution in [0.1, 0.15) is 10.4 Å². The van der Waals surface area contributed by atoms with E-state index < -0.39 is 12.0 Å². The maximum atomic E-state index is 12.0. The number of rotatable bonds is 6. The van der Waals surface area contributed by atoms with Gasteiger partial charge in [0.05, 0.1) is 19.8 Å². The number of aliphatic hydroxyl groups excluding tert-OH is 1. The normalized spacial score (nSPS) is 12.0. The minimum Gasteiger partial charge on any atom is -0.479 e. The summed E-state index contributed by atoms with van der Waals surface area (Å²) in [7, 11) is 3.10. The molecule has 22 heavy (non-hydrogen) atoms. The highest BCUT2D eigenvalue weighted by molar-refractivity contribution is 5.96. The van der Waals surface area contributed by atoms with Gasteiger partial charge in [0, 0.05) is 32.1 Å². The molecule has 8 heteroatoms. The SMILES string of the molecule is COc1nn(C)cc1C(=O)NC[C@@H](O)Cn1ccccc1=O. The van der Waals surface area contributed by atoms with Crippen molar-refractivity contribution in [1.29, 1.82) is 0 Å². The second-order valence-electron chi connectivity index (χ2n) is 4.78. The molecule has 2 aromatic heterocycles. The van der Waals surface area contributed by atoms with E-state index >= 15 is 0 Å². The van der Waals surface area contributed by atoms with E-state index in [1.165, 1.54) is 28.6 Å². The maximum absolute atomic E-state index is 12.0. The molecule has 0 saturated heterocycles. The number of hydrogen-bond donors (Lipinski definition) is 2. The number of aryl methyl sites for hydroxylation is 1. The van der Waals surface area contributed by atoms with Crippen molar-refractivity contribution in [3.05, 3.63) is 46.5 Å². The first-order chi connectivity index (χ1) is 10.5. The lowest BCUT2D eigenvalue weighted by Gasteiger charge is -2.13. The van der Waals surface area contributed by atoms with E-state index in [-0.39, 0.29) is 30.1 Å². The van der Waals surface area contributed by atoms with Crippen LogP contribution in [0.3, 0.4) is 0 Å². The molecule has 1 amide bonds. The second-order valence-corrected chi connectivity index (χ2v) is 4.78. The predicted molar refractivity (Wildman–Crippen MR) is 78.8 cm³/mol. The van der Waals surface area contributed by atoms with Gasteiger partial charge in [-0.05, 0) is 6.07 Å². The monoisotopic (exact) mass is 306 g/mol. The van der Waals surface area contributed by atoms with Gasteiger partial charge in [-0.15, -0.1) is 5.10 Å². The molecule has 0 spiro atoms. The zero-order chi connectivity index (χ0) is 16.1. The van der Waals surface area contributed by atoms with Crippen molar-refractivity contribution in [3.8, 4) is 5.88 Å². The van der Waals surface area contributed by atoms with Crippen LogP contribution in [-0.4, -0.2) is 45.1 Å². The summed E-state index contributed by atoms with van der Waals surface area (Å²) >= 11 is 0. The first-order valence-electron chi connectivity index (χ1n) is 6.70. The molecule has 0 bridgehead atoms. The third-order valence-corrected chi connectivity index (χ3v) is 3.04. The van der Waals surface area contributed by atoms with E-state index in [4.69, 9.17) is 4.74 Å². The van der Waals surface area contributed by atoms with Crippen molar-refractivity contribution in [2.24, 2.45) is 7.05 Å². The van der Waals surface area contributed by atoms with Crippen molar-refractivity contribution in [2.45, 2.75) is 12.6 Å². The Kier molecular flexibility index (Phi) is 4.95. The van der Waals surface area contributed by atoms with E-state index in [1.54, 1.807) is 25.4 Å². The molecule has 0 aliphatic rings. The van der Waals surface area contributed by atoms with Gasteiger partial charge in [0.1, 0.15) is 5.56 Å². The molecule has 0 saturated carbocycles. The van der Waals surface area contributed by atoms with Crippen molar-refractivity contribution in [2.75, 3.05) is 13.7 Å². The second kappa shape index (κ2) is 6.90. The average Bonchev–Trinajstić information content (AvgIpc) is 2.88. The number of carbonyl (C=O) groups excluding carboxylic acids is 1. The maximum Gasteiger partial charge on any atom is 0.258 e. The fourth-order valence-electron chi connectivity index (χ4n) is 1.98. The predicted octanol–water partition coefficient (Wildman–Crippen LogP) is -0.619. The number of amides is 1. The van der Waals surface area contributed by atoms with Crippen LogP contribution in [0.4, 0.5) is 0 Å². The van der Waals surface area contributed by atoms with Crippen LogP contribution in [0.5, 0.6) is 5.88 Å². The Morgan fingerprint density at radius 1 is 1.50 bits per heavy atom. The minimum absolute atomic E-state index is 0.0121. The summed E-state index contributed by atoms with van der Waals surface area (Å²) in [6, 6.07) is 4.74. The number of nitrogens with one attached hydrogen (secondary N) is 1. The molecule has 0 aliphatic heterocycles. The summed E-state index contributed by atoms with van der Waals surface area (Å²) in [5, 5.41) is 16.5. The highest BCUT2D eigenvalue weighted by atomic mass is 16.5. The van der Waals surface area contributed by atoms with Crippen molar-refractivity contribution in [1.82, 2.24) is 19.7 Å². The standard InChI is InChI=1S/C14H18N4O4/c1-17-9-11(14(16-17)22-2)13(21)15-7-10(19)8-18-6-4-3-5-12(18)20/h3-6,9-10,19H,7-8H2,1-2H3,(H,15,21)/t10-/m1/s1. The summed E-state index contributed by atoms with van der Waals surface area (Å²) in [4.78, 5) is 23.6. The molecule has 1 atom stereocenters. The number of aromatic nitrogens is 3. The lowest BCUT2D eigenvalue weighted by Crippen LogP contribution is -2.36. The van der Waals surface area contributed by atoms with Crippen LogP contribution >= 0.6 is 0 Å². The van der Waals surface area contributed by atoms with E-state index in [0.29, 0.717) is 0 Å². The molecule has 0 radical (unpaired) electrons. The van der Waals surface area contributed by atoms with Crippen LogP contribution < -0.4 is 15.6 Å². The van der Waals surface area contributed by atoms with Crippen molar-refractivity contribution in [3.63, 3.8) is 0 Å². The van der Waals surface area contributed by atoms with E-state index in [2.05, 4.69) is 10.4 Å². The summed E-state index contributed by atoms with van der Waals surface area (Å²) in [6.45, 7) is 0.113.